The summed E-state index contributed by atoms with van der Waals surface area (Å²) in [4.78, 5) is 12.1. The second-order valence-corrected chi connectivity index (χ2v) is 4.37. The maximum Gasteiger partial charge on any atom is 0.253 e. The summed E-state index contributed by atoms with van der Waals surface area (Å²) >= 11 is 0. The number of hydrogen-bond donors (Lipinski definition) is 2. The molecule has 1 rings (SSSR count). The van der Waals surface area contributed by atoms with E-state index in [-0.39, 0.29) is 11.9 Å². The van der Waals surface area contributed by atoms with Crippen LogP contribution in [0.4, 0.5) is 5.69 Å². The van der Waals surface area contributed by atoms with Gasteiger partial charge in [0.1, 0.15) is 0 Å². The first-order chi connectivity index (χ1) is 8.69. The van der Waals surface area contributed by atoms with Crippen molar-refractivity contribution in [2.45, 2.75) is 32.7 Å². The van der Waals surface area contributed by atoms with Gasteiger partial charge in [0, 0.05) is 18.3 Å². The highest BCUT2D eigenvalue weighted by Gasteiger charge is 2.12. The average Bonchev–Trinajstić information content (AvgIpc) is 2.36. The molecule has 0 spiro atoms. The van der Waals surface area contributed by atoms with Crippen LogP contribution in [0.3, 0.4) is 0 Å². The molecule has 98 valence electrons. The quantitative estimate of drug-likeness (QED) is 0.725. The van der Waals surface area contributed by atoms with Crippen molar-refractivity contribution < 1.29 is 4.79 Å². The van der Waals surface area contributed by atoms with Crippen molar-refractivity contribution >= 4 is 11.6 Å². The van der Waals surface area contributed by atoms with E-state index in [0.29, 0.717) is 5.56 Å². The van der Waals surface area contributed by atoms with E-state index >= 15 is 0 Å². The van der Waals surface area contributed by atoms with Crippen molar-refractivity contribution in [3.63, 3.8) is 0 Å². The van der Waals surface area contributed by atoms with Gasteiger partial charge in [0.05, 0.1) is 5.56 Å². The molecule has 2 N–H and O–H groups in total. The number of benzene rings is 1. The third kappa shape index (κ3) is 4.24. The number of rotatable bonds is 7. The van der Waals surface area contributed by atoms with Gasteiger partial charge in [0.25, 0.3) is 5.91 Å². The van der Waals surface area contributed by atoms with Gasteiger partial charge in [-0.3, -0.25) is 4.79 Å². The molecule has 1 unspecified atom stereocenters. The van der Waals surface area contributed by atoms with Gasteiger partial charge in [-0.2, -0.15) is 0 Å². The Labute approximate surface area is 109 Å². The Balaban J connectivity index is 2.74. The predicted octanol–water partition coefficient (Wildman–Crippen LogP) is 3.20. The van der Waals surface area contributed by atoms with Crippen molar-refractivity contribution in [3.05, 3.63) is 42.5 Å². The van der Waals surface area contributed by atoms with Crippen LogP contribution in [0.1, 0.15) is 37.0 Å². The lowest BCUT2D eigenvalue weighted by atomic mass is 10.1. The Morgan fingerprint density at radius 1 is 1.44 bits per heavy atom. The fourth-order valence-electron chi connectivity index (χ4n) is 1.71. The molecule has 0 fully saturated rings. The Hall–Kier alpha value is -1.77. The van der Waals surface area contributed by atoms with Crippen molar-refractivity contribution in [2.24, 2.45) is 0 Å². The highest BCUT2D eigenvalue weighted by molar-refractivity contribution is 5.99. The van der Waals surface area contributed by atoms with E-state index in [1.807, 2.05) is 37.3 Å². The lowest BCUT2D eigenvalue weighted by Gasteiger charge is -2.15. The average molecular weight is 246 g/mol. The van der Waals surface area contributed by atoms with Gasteiger partial charge in [-0.1, -0.05) is 25.1 Å². The van der Waals surface area contributed by atoms with Crippen LogP contribution in [0, 0.1) is 0 Å². The van der Waals surface area contributed by atoms with Crippen LogP contribution in [-0.4, -0.2) is 18.5 Å². The van der Waals surface area contributed by atoms with E-state index in [0.717, 1.165) is 25.1 Å². The summed E-state index contributed by atoms with van der Waals surface area (Å²) in [5, 5.41) is 6.23. The monoisotopic (exact) mass is 246 g/mol. The number of anilines is 1. The zero-order chi connectivity index (χ0) is 13.4. The molecule has 0 saturated carbocycles. The molecule has 18 heavy (non-hydrogen) atoms. The number of para-hydroxylation sites is 1. The summed E-state index contributed by atoms with van der Waals surface area (Å²) in [6.07, 6.45) is 3.62. The van der Waals surface area contributed by atoms with Crippen LogP contribution in [0.2, 0.25) is 0 Å². The maximum absolute atomic E-state index is 12.1. The molecule has 0 aliphatic rings. The number of carbonyl (C=O) groups excluding carboxylic acids is 1. The Kier molecular flexibility index (Phi) is 5.98. The standard InChI is InChI=1S/C15H22N2O/c1-4-8-12(3)17-15(18)13-9-6-7-10-14(13)16-11-5-2/h4,6-7,9-10,12,16H,1,5,8,11H2,2-3H3,(H,17,18). The predicted molar refractivity (Wildman–Crippen MR) is 77.0 cm³/mol. The fourth-order valence-corrected chi connectivity index (χ4v) is 1.71. The molecular weight excluding hydrogens is 224 g/mol. The van der Waals surface area contributed by atoms with Crippen molar-refractivity contribution in [1.29, 1.82) is 0 Å². The molecule has 1 atom stereocenters. The molecule has 3 nitrogen and oxygen atoms in total. The summed E-state index contributed by atoms with van der Waals surface area (Å²) in [7, 11) is 0. The summed E-state index contributed by atoms with van der Waals surface area (Å²) < 4.78 is 0. The summed E-state index contributed by atoms with van der Waals surface area (Å²) in [6.45, 7) is 8.62. The number of amides is 1. The van der Waals surface area contributed by atoms with Gasteiger partial charge in [0.15, 0.2) is 0 Å². The number of nitrogens with one attached hydrogen (secondary N) is 2. The molecule has 3 heteroatoms. The minimum Gasteiger partial charge on any atom is -0.384 e. The van der Waals surface area contributed by atoms with E-state index in [2.05, 4.69) is 24.1 Å². The van der Waals surface area contributed by atoms with Gasteiger partial charge in [-0.15, -0.1) is 6.58 Å². The van der Waals surface area contributed by atoms with Crippen molar-refractivity contribution in [2.75, 3.05) is 11.9 Å². The summed E-state index contributed by atoms with van der Waals surface area (Å²) in [5.74, 6) is -0.0384. The van der Waals surface area contributed by atoms with Gasteiger partial charge >= 0.3 is 0 Å². The molecule has 0 bridgehead atoms. The van der Waals surface area contributed by atoms with E-state index in [1.165, 1.54) is 0 Å². The molecule has 0 aliphatic carbocycles. The second kappa shape index (κ2) is 7.54. The normalized spacial score (nSPS) is 11.7. The van der Waals surface area contributed by atoms with Crippen LogP contribution in [0.5, 0.6) is 0 Å². The van der Waals surface area contributed by atoms with E-state index < -0.39 is 0 Å². The molecule has 0 saturated heterocycles. The first-order valence-corrected chi connectivity index (χ1v) is 6.43. The smallest absolute Gasteiger partial charge is 0.253 e. The Bertz CT molecular complexity index is 401. The number of hydrogen-bond acceptors (Lipinski definition) is 2. The largest absolute Gasteiger partial charge is 0.384 e. The number of carbonyl (C=O) groups is 1. The van der Waals surface area contributed by atoms with Crippen LogP contribution in [0.25, 0.3) is 0 Å². The third-order valence-corrected chi connectivity index (χ3v) is 2.63. The van der Waals surface area contributed by atoms with Crippen LogP contribution >= 0.6 is 0 Å². The van der Waals surface area contributed by atoms with E-state index in [9.17, 15) is 4.79 Å². The zero-order valence-electron chi connectivity index (χ0n) is 11.2. The zero-order valence-corrected chi connectivity index (χ0v) is 11.2. The molecular formula is C15H22N2O. The molecule has 0 radical (unpaired) electrons. The highest BCUT2D eigenvalue weighted by atomic mass is 16.1. The lowest BCUT2D eigenvalue weighted by Crippen LogP contribution is -2.32. The maximum atomic E-state index is 12.1. The van der Waals surface area contributed by atoms with Gasteiger partial charge < -0.3 is 10.6 Å². The molecule has 1 aromatic rings. The second-order valence-electron chi connectivity index (χ2n) is 4.37. The van der Waals surface area contributed by atoms with E-state index in [4.69, 9.17) is 0 Å². The molecule has 1 aromatic carbocycles. The van der Waals surface area contributed by atoms with Crippen molar-refractivity contribution in [3.8, 4) is 0 Å². The van der Waals surface area contributed by atoms with Crippen molar-refractivity contribution in [1.82, 2.24) is 5.32 Å². The SMILES string of the molecule is C=CCC(C)NC(=O)c1ccccc1NCCC. The Morgan fingerprint density at radius 2 is 2.17 bits per heavy atom. The molecule has 0 heterocycles. The first-order valence-electron chi connectivity index (χ1n) is 6.43. The van der Waals surface area contributed by atoms with E-state index in [1.54, 1.807) is 0 Å². The fraction of sp³-hybridized carbons (Fsp3) is 0.400. The molecule has 0 aliphatic heterocycles. The summed E-state index contributed by atoms with van der Waals surface area (Å²) in [6, 6.07) is 7.69. The van der Waals surface area contributed by atoms with Gasteiger partial charge in [-0.05, 0) is 31.9 Å². The van der Waals surface area contributed by atoms with Gasteiger partial charge in [0.2, 0.25) is 0 Å². The Morgan fingerprint density at radius 3 is 2.83 bits per heavy atom. The van der Waals surface area contributed by atoms with Crippen LogP contribution < -0.4 is 10.6 Å². The third-order valence-electron chi connectivity index (χ3n) is 2.63. The van der Waals surface area contributed by atoms with Crippen LogP contribution in [0.15, 0.2) is 36.9 Å². The highest BCUT2D eigenvalue weighted by Crippen LogP contribution is 2.15. The summed E-state index contributed by atoms with van der Waals surface area (Å²) in [5.41, 5.74) is 1.59. The first kappa shape index (κ1) is 14.3. The van der Waals surface area contributed by atoms with Gasteiger partial charge in [-0.25, -0.2) is 0 Å². The minimum atomic E-state index is -0.0384. The minimum absolute atomic E-state index is 0.0384. The topological polar surface area (TPSA) is 41.1 Å². The molecule has 0 aromatic heterocycles. The molecule has 1 amide bonds. The van der Waals surface area contributed by atoms with Crippen LogP contribution in [-0.2, 0) is 0 Å². The lowest BCUT2D eigenvalue weighted by molar-refractivity contribution is 0.0941.